The minimum absolute atomic E-state index is 0.0347. The summed E-state index contributed by atoms with van der Waals surface area (Å²) < 4.78 is 18.3. The number of rotatable bonds is 4. The van der Waals surface area contributed by atoms with Gasteiger partial charge in [-0.15, -0.1) is 0 Å². The van der Waals surface area contributed by atoms with Crippen molar-refractivity contribution in [3.05, 3.63) is 66.2 Å². The second kappa shape index (κ2) is 6.83. The highest BCUT2D eigenvalue weighted by Crippen LogP contribution is 2.21. The number of amides is 3. The zero-order chi connectivity index (χ0) is 17.8. The van der Waals surface area contributed by atoms with Crippen molar-refractivity contribution in [3.8, 4) is 11.3 Å². The lowest BCUT2D eigenvalue weighted by Gasteiger charge is -2.06. The lowest BCUT2D eigenvalue weighted by molar-refractivity contribution is 0.0988. The zero-order valence-electron chi connectivity index (χ0n) is 12.8. The molecule has 2 aromatic carbocycles. The Balaban J connectivity index is 1.75. The van der Waals surface area contributed by atoms with Crippen LogP contribution in [0.2, 0.25) is 0 Å². The fourth-order valence-corrected chi connectivity index (χ4v) is 2.18. The molecule has 126 valence electrons. The molecule has 0 bridgehead atoms. The van der Waals surface area contributed by atoms with Crippen LogP contribution in [0.4, 0.5) is 20.6 Å². The monoisotopic (exact) mass is 340 g/mol. The molecule has 0 saturated carbocycles. The number of aromatic nitrogens is 1. The van der Waals surface area contributed by atoms with Crippen molar-refractivity contribution < 1.29 is 18.5 Å². The van der Waals surface area contributed by atoms with E-state index in [4.69, 9.17) is 10.3 Å². The zero-order valence-corrected chi connectivity index (χ0v) is 12.8. The Bertz CT molecular complexity index is 939. The third kappa shape index (κ3) is 3.99. The highest BCUT2D eigenvalue weighted by molar-refractivity contribution is 6.03. The summed E-state index contributed by atoms with van der Waals surface area (Å²) in [4.78, 5) is 23.1. The van der Waals surface area contributed by atoms with Gasteiger partial charge in [0.1, 0.15) is 11.5 Å². The topological polar surface area (TPSA) is 110 Å². The van der Waals surface area contributed by atoms with Gasteiger partial charge in [0, 0.05) is 23.0 Å². The molecule has 8 heteroatoms. The number of nitrogens with zero attached hydrogens (tertiary/aromatic N) is 1. The summed E-state index contributed by atoms with van der Waals surface area (Å²) in [6.45, 7) is 0. The van der Waals surface area contributed by atoms with Crippen molar-refractivity contribution in [2.75, 3.05) is 10.6 Å². The molecule has 0 radical (unpaired) electrons. The second-order valence-corrected chi connectivity index (χ2v) is 5.11. The predicted molar refractivity (Wildman–Crippen MR) is 89.5 cm³/mol. The van der Waals surface area contributed by atoms with Crippen LogP contribution < -0.4 is 16.4 Å². The summed E-state index contributed by atoms with van der Waals surface area (Å²) in [5.74, 6) is -0.982. The molecule has 7 nitrogen and oxygen atoms in total. The maximum absolute atomic E-state index is 13.3. The van der Waals surface area contributed by atoms with E-state index in [1.807, 2.05) is 0 Å². The molecular weight excluding hydrogens is 327 g/mol. The van der Waals surface area contributed by atoms with Crippen LogP contribution >= 0.6 is 0 Å². The maximum atomic E-state index is 13.3. The molecule has 0 fully saturated rings. The average molecular weight is 340 g/mol. The van der Waals surface area contributed by atoms with Gasteiger partial charge in [-0.05, 0) is 30.3 Å². The van der Waals surface area contributed by atoms with Crippen LogP contribution in [0.1, 0.15) is 10.6 Å². The smallest absolute Gasteiger partial charge is 0.316 e. The van der Waals surface area contributed by atoms with Crippen molar-refractivity contribution in [2.24, 2.45) is 5.73 Å². The SMILES string of the molecule is NC(=O)Nc1cccc(NC(=O)c2cc(-c3cccc(F)c3)no2)c1. The number of benzene rings is 2. The molecule has 1 heterocycles. The van der Waals surface area contributed by atoms with Crippen molar-refractivity contribution in [1.29, 1.82) is 0 Å². The van der Waals surface area contributed by atoms with E-state index in [0.29, 0.717) is 22.6 Å². The highest BCUT2D eigenvalue weighted by Gasteiger charge is 2.15. The fourth-order valence-electron chi connectivity index (χ4n) is 2.18. The van der Waals surface area contributed by atoms with E-state index in [1.165, 1.54) is 30.3 Å². The summed E-state index contributed by atoms with van der Waals surface area (Å²) in [5, 5.41) is 8.79. The first-order valence-electron chi connectivity index (χ1n) is 7.22. The van der Waals surface area contributed by atoms with Crippen molar-refractivity contribution in [1.82, 2.24) is 5.16 Å². The fraction of sp³-hybridized carbons (Fsp3) is 0. The molecule has 3 amide bonds. The van der Waals surface area contributed by atoms with Gasteiger partial charge in [0.15, 0.2) is 0 Å². The summed E-state index contributed by atoms with van der Waals surface area (Å²) >= 11 is 0. The maximum Gasteiger partial charge on any atom is 0.316 e. The third-order valence-electron chi connectivity index (χ3n) is 3.24. The summed E-state index contributed by atoms with van der Waals surface area (Å²) in [7, 11) is 0. The van der Waals surface area contributed by atoms with E-state index in [0.717, 1.165) is 0 Å². The van der Waals surface area contributed by atoms with E-state index in [9.17, 15) is 14.0 Å². The second-order valence-electron chi connectivity index (χ2n) is 5.11. The minimum atomic E-state index is -0.710. The number of nitrogens with one attached hydrogen (secondary N) is 2. The van der Waals surface area contributed by atoms with Crippen LogP contribution in [-0.2, 0) is 0 Å². The van der Waals surface area contributed by atoms with Crippen LogP contribution in [0.15, 0.2) is 59.1 Å². The Morgan fingerprint density at radius 2 is 1.72 bits per heavy atom. The Kier molecular flexibility index (Phi) is 4.42. The van der Waals surface area contributed by atoms with Gasteiger partial charge in [0.25, 0.3) is 5.91 Å². The van der Waals surface area contributed by atoms with Crippen LogP contribution in [0, 0.1) is 5.82 Å². The predicted octanol–water partition coefficient (Wildman–Crippen LogP) is 3.22. The van der Waals surface area contributed by atoms with Gasteiger partial charge in [-0.25, -0.2) is 9.18 Å². The highest BCUT2D eigenvalue weighted by atomic mass is 19.1. The Morgan fingerprint density at radius 3 is 2.44 bits per heavy atom. The first-order chi connectivity index (χ1) is 12.0. The molecule has 0 unspecified atom stereocenters. The first-order valence-corrected chi connectivity index (χ1v) is 7.22. The van der Waals surface area contributed by atoms with E-state index in [-0.39, 0.29) is 5.76 Å². The number of carbonyl (C=O) groups is 2. The molecule has 0 aliphatic rings. The van der Waals surface area contributed by atoms with Gasteiger partial charge in [0.05, 0.1) is 0 Å². The summed E-state index contributed by atoms with van der Waals surface area (Å²) in [6, 6.07) is 12.9. The summed E-state index contributed by atoms with van der Waals surface area (Å²) in [5.41, 5.74) is 6.75. The molecule has 0 aliphatic heterocycles. The third-order valence-corrected chi connectivity index (χ3v) is 3.24. The molecule has 25 heavy (non-hydrogen) atoms. The quantitative estimate of drug-likeness (QED) is 0.677. The number of hydrogen-bond donors (Lipinski definition) is 3. The number of carbonyl (C=O) groups excluding carboxylic acids is 2. The van der Waals surface area contributed by atoms with E-state index in [2.05, 4.69) is 15.8 Å². The number of primary amides is 1. The molecule has 4 N–H and O–H groups in total. The van der Waals surface area contributed by atoms with E-state index < -0.39 is 17.8 Å². The Morgan fingerprint density at radius 1 is 1.00 bits per heavy atom. The number of nitrogens with two attached hydrogens (primary N) is 1. The van der Waals surface area contributed by atoms with Gasteiger partial charge < -0.3 is 20.9 Å². The molecule has 3 rings (SSSR count). The van der Waals surface area contributed by atoms with Crippen molar-refractivity contribution in [2.45, 2.75) is 0 Å². The van der Waals surface area contributed by atoms with Crippen molar-refractivity contribution >= 4 is 23.3 Å². The number of anilines is 2. The van der Waals surface area contributed by atoms with E-state index in [1.54, 1.807) is 24.3 Å². The lowest BCUT2D eigenvalue weighted by Crippen LogP contribution is -2.19. The number of urea groups is 1. The Hall–Kier alpha value is -3.68. The first kappa shape index (κ1) is 16.2. The number of hydrogen-bond acceptors (Lipinski definition) is 4. The molecule has 3 aromatic rings. The van der Waals surface area contributed by atoms with Crippen LogP contribution in [0.25, 0.3) is 11.3 Å². The lowest BCUT2D eigenvalue weighted by atomic mass is 10.1. The van der Waals surface area contributed by atoms with E-state index >= 15 is 0 Å². The Labute approximate surface area is 141 Å². The number of halogens is 1. The average Bonchev–Trinajstić information content (AvgIpc) is 3.05. The largest absolute Gasteiger partial charge is 0.351 e. The summed E-state index contributed by atoms with van der Waals surface area (Å²) in [6.07, 6.45) is 0. The van der Waals surface area contributed by atoms with Crippen LogP contribution in [0.5, 0.6) is 0 Å². The molecule has 0 atom stereocenters. The van der Waals surface area contributed by atoms with Crippen molar-refractivity contribution in [3.63, 3.8) is 0 Å². The van der Waals surface area contributed by atoms with Gasteiger partial charge >= 0.3 is 6.03 Å². The molecule has 0 aliphatic carbocycles. The van der Waals surface area contributed by atoms with Gasteiger partial charge in [-0.1, -0.05) is 23.4 Å². The van der Waals surface area contributed by atoms with Crippen LogP contribution in [-0.4, -0.2) is 17.1 Å². The van der Waals surface area contributed by atoms with Gasteiger partial charge in [-0.3, -0.25) is 4.79 Å². The molecule has 0 saturated heterocycles. The standard InChI is InChI=1S/C17H13FN4O3/c18-11-4-1-3-10(7-11)14-9-15(25-22-14)16(23)20-12-5-2-6-13(8-12)21-17(19)24/h1-9H,(H,20,23)(H3,19,21,24). The normalized spacial score (nSPS) is 10.3. The molecule has 1 aromatic heterocycles. The minimum Gasteiger partial charge on any atom is -0.351 e. The van der Waals surface area contributed by atoms with Crippen LogP contribution in [0.3, 0.4) is 0 Å². The molecular formula is C17H13FN4O3. The van der Waals surface area contributed by atoms with Gasteiger partial charge in [0.2, 0.25) is 5.76 Å². The van der Waals surface area contributed by atoms with Gasteiger partial charge in [-0.2, -0.15) is 0 Å². The molecule has 0 spiro atoms.